The molecule has 1 amide bonds. The number of carbonyl (C=O) groups is 1. The Morgan fingerprint density at radius 3 is 2.78 bits per heavy atom. The molecule has 23 heavy (non-hydrogen) atoms. The Morgan fingerprint density at radius 1 is 1.48 bits per heavy atom. The molecule has 0 saturated carbocycles. The summed E-state index contributed by atoms with van der Waals surface area (Å²) in [5.74, 6) is -0.593. The van der Waals surface area contributed by atoms with Gasteiger partial charge in [-0.1, -0.05) is 19.4 Å². The maximum Gasteiger partial charge on any atom is 0.236 e. The van der Waals surface area contributed by atoms with Gasteiger partial charge in [0.2, 0.25) is 5.91 Å². The monoisotopic (exact) mass is 330 g/mol. The van der Waals surface area contributed by atoms with Gasteiger partial charge in [0.05, 0.1) is 6.54 Å². The fraction of sp³-hybridized carbons (Fsp3) is 0.706. The molecule has 0 bridgehead atoms. The van der Waals surface area contributed by atoms with Gasteiger partial charge in [-0.15, -0.1) is 0 Å². The van der Waals surface area contributed by atoms with Gasteiger partial charge in [0.1, 0.15) is 11.9 Å². The normalized spacial score (nSPS) is 24.2. The molecule has 2 atom stereocenters. The van der Waals surface area contributed by atoms with E-state index in [2.05, 4.69) is 5.32 Å². The number of unbranched alkanes of at least 4 members (excludes halogenated alkanes) is 1. The van der Waals surface area contributed by atoms with Crippen LogP contribution in [-0.2, 0) is 9.53 Å². The number of hydrogen-bond donors (Lipinski definition) is 1. The smallest absolute Gasteiger partial charge is 0.236 e. The number of likely N-dealkylation sites (N-methyl/N-ethyl adjacent to an activating group) is 1. The van der Waals surface area contributed by atoms with Crippen LogP contribution in [0.1, 0.15) is 33.1 Å². The zero-order valence-electron chi connectivity index (χ0n) is 14.5. The number of halogens is 2. The fourth-order valence-electron chi connectivity index (χ4n) is 2.21. The van der Waals surface area contributed by atoms with Crippen molar-refractivity contribution in [3.8, 4) is 0 Å². The van der Waals surface area contributed by atoms with Gasteiger partial charge in [-0.05, 0) is 38.0 Å². The number of nitrogens with one attached hydrogen (secondary N) is 1. The second-order valence-electron chi connectivity index (χ2n) is 6.18. The van der Waals surface area contributed by atoms with E-state index in [-0.39, 0.29) is 12.5 Å². The van der Waals surface area contributed by atoms with Crippen molar-refractivity contribution in [2.24, 2.45) is 0 Å². The van der Waals surface area contributed by atoms with Crippen molar-refractivity contribution in [3.63, 3.8) is 0 Å². The molecule has 1 rings (SSSR count). The van der Waals surface area contributed by atoms with Crippen LogP contribution < -0.4 is 5.32 Å². The highest BCUT2D eigenvalue weighted by atomic mass is 19.2. The molecule has 0 aromatic carbocycles. The summed E-state index contributed by atoms with van der Waals surface area (Å²) in [4.78, 5) is 12.9. The van der Waals surface area contributed by atoms with E-state index in [1.54, 1.807) is 14.1 Å². The van der Waals surface area contributed by atoms with Crippen molar-refractivity contribution in [2.75, 3.05) is 33.8 Å². The summed E-state index contributed by atoms with van der Waals surface area (Å²) in [7, 11) is 3.35. The minimum absolute atomic E-state index is 0.0456. The Labute approximate surface area is 137 Å². The summed E-state index contributed by atoms with van der Waals surface area (Å²) >= 11 is 0. The van der Waals surface area contributed by atoms with Gasteiger partial charge in [-0.2, -0.15) is 0 Å². The van der Waals surface area contributed by atoms with Crippen LogP contribution in [0.2, 0.25) is 0 Å². The summed E-state index contributed by atoms with van der Waals surface area (Å²) in [6.07, 6.45) is 3.71. The molecule has 0 heterocycles. The van der Waals surface area contributed by atoms with Gasteiger partial charge in [-0.3, -0.25) is 4.79 Å². The number of hydrogen-bond acceptors (Lipinski definition) is 3. The van der Waals surface area contributed by atoms with Crippen LogP contribution >= 0.6 is 0 Å². The molecule has 2 unspecified atom stereocenters. The summed E-state index contributed by atoms with van der Waals surface area (Å²) in [5, 5.41) is 2.96. The molecule has 0 aliphatic heterocycles. The van der Waals surface area contributed by atoms with E-state index in [4.69, 9.17) is 4.74 Å². The highest BCUT2D eigenvalue weighted by Crippen LogP contribution is 2.34. The molecule has 0 spiro atoms. The van der Waals surface area contributed by atoms with E-state index in [9.17, 15) is 13.6 Å². The highest BCUT2D eigenvalue weighted by Gasteiger charge is 2.39. The molecular weight excluding hydrogens is 302 g/mol. The van der Waals surface area contributed by atoms with Crippen LogP contribution in [0.4, 0.5) is 8.78 Å². The third-order valence-corrected chi connectivity index (χ3v) is 3.79. The third-order valence-electron chi connectivity index (χ3n) is 3.79. The predicted molar refractivity (Wildman–Crippen MR) is 87.6 cm³/mol. The Bertz CT molecular complexity index is 460. The van der Waals surface area contributed by atoms with Gasteiger partial charge in [0.25, 0.3) is 0 Å². The number of alkyl halides is 1. The Morgan fingerprint density at radius 2 is 2.17 bits per heavy atom. The Kier molecular flexibility index (Phi) is 7.85. The van der Waals surface area contributed by atoms with Crippen molar-refractivity contribution in [3.05, 3.63) is 23.6 Å². The van der Waals surface area contributed by atoms with Crippen LogP contribution in [-0.4, -0.2) is 56.4 Å². The molecular formula is C17H28F2N2O2. The molecule has 1 aliphatic carbocycles. The number of rotatable bonds is 9. The summed E-state index contributed by atoms with van der Waals surface area (Å²) in [6, 6.07) is 0. The van der Waals surface area contributed by atoms with Crippen molar-refractivity contribution in [2.45, 2.75) is 44.9 Å². The second kappa shape index (κ2) is 9.13. The number of carbonyl (C=O) groups excluding carboxylic acids is 1. The Balaban J connectivity index is 2.57. The topological polar surface area (TPSA) is 41.6 Å². The van der Waals surface area contributed by atoms with Gasteiger partial charge in [0.15, 0.2) is 5.67 Å². The van der Waals surface area contributed by atoms with Crippen LogP contribution in [0.5, 0.6) is 0 Å². The number of amides is 1. The minimum atomic E-state index is -1.84. The zero-order chi connectivity index (χ0) is 17.5. The summed E-state index contributed by atoms with van der Waals surface area (Å²) < 4.78 is 34.3. The summed E-state index contributed by atoms with van der Waals surface area (Å²) in [6.45, 7) is 4.30. The Hall–Kier alpha value is -1.27. The molecule has 4 nitrogen and oxygen atoms in total. The summed E-state index contributed by atoms with van der Waals surface area (Å²) in [5.41, 5.74) is -1.42. The molecule has 0 aromatic rings. The average molecular weight is 330 g/mol. The van der Waals surface area contributed by atoms with Crippen LogP contribution in [0.25, 0.3) is 0 Å². The predicted octanol–water partition coefficient (Wildman–Crippen LogP) is 2.76. The molecule has 1 N–H and O–H groups in total. The second-order valence-corrected chi connectivity index (χ2v) is 6.18. The maximum absolute atomic E-state index is 14.5. The van der Waals surface area contributed by atoms with Crippen molar-refractivity contribution >= 4 is 5.91 Å². The first-order valence-electron chi connectivity index (χ1n) is 8.08. The van der Waals surface area contributed by atoms with E-state index < -0.39 is 17.6 Å². The molecule has 132 valence electrons. The van der Waals surface area contributed by atoms with Crippen molar-refractivity contribution < 1.29 is 18.3 Å². The quantitative estimate of drug-likeness (QED) is 0.661. The first-order chi connectivity index (χ1) is 10.8. The fourth-order valence-corrected chi connectivity index (χ4v) is 2.21. The van der Waals surface area contributed by atoms with Crippen LogP contribution in [0.15, 0.2) is 23.6 Å². The van der Waals surface area contributed by atoms with Crippen LogP contribution in [0, 0.1) is 0 Å². The molecule has 6 heteroatoms. The van der Waals surface area contributed by atoms with E-state index >= 15 is 0 Å². The minimum Gasteiger partial charge on any atom is -0.367 e. The van der Waals surface area contributed by atoms with Crippen LogP contribution in [0.3, 0.4) is 0 Å². The first-order valence-corrected chi connectivity index (χ1v) is 8.08. The lowest BCUT2D eigenvalue weighted by Gasteiger charge is -2.31. The van der Waals surface area contributed by atoms with Gasteiger partial charge >= 0.3 is 0 Å². The molecule has 0 aromatic heterocycles. The van der Waals surface area contributed by atoms with Gasteiger partial charge in [0, 0.05) is 20.7 Å². The van der Waals surface area contributed by atoms with Crippen molar-refractivity contribution in [1.82, 2.24) is 10.2 Å². The number of ether oxygens (including phenoxy) is 1. The van der Waals surface area contributed by atoms with Crippen molar-refractivity contribution in [1.29, 1.82) is 0 Å². The standard InChI is InChI=1S/C17H28F2N2O2/c1-5-6-11-23-16-15(18)13(7-9-17(16,2)19)8-10-20-12-14(22)21(3)4/h7,9,16,20H,5-6,8,10-12H2,1-4H3. The molecule has 1 aliphatic rings. The lowest BCUT2D eigenvalue weighted by molar-refractivity contribution is -0.127. The lowest BCUT2D eigenvalue weighted by Crippen LogP contribution is -2.39. The first kappa shape index (κ1) is 19.8. The number of allylic oxidation sites excluding steroid dienone is 1. The zero-order valence-corrected chi connectivity index (χ0v) is 14.5. The molecule has 0 saturated heterocycles. The molecule has 0 radical (unpaired) electrons. The van der Waals surface area contributed by atoms with Gasteiger partial charge < -0.3 is 15.0 Å². The van der Waals surface area contributed by atoms with E-state index in [1.807, 2.05) is 6.92 Å². The van der Waals surface area contributed by atoms with E-state index in [0.29, 0.717) is 25.1 Å². The number of nitrogens with zero attached hydrogens (tertiary/aromatic N) is 1. The third kappa shape index (κ3) is 6.03. The maximum atomic E-state index is 14.5. The highest BCUT2D eigenvalue weighted by molar-refractivity contribution is 5.77. The lowest BCUT2D eigenvalue weighted by atomic mass is 9.90. The van der Waals surface area contributed by atoms with E-state index in [1.165, 1.54) is 24.0 Å². The SMILES string of the molecule is CCCCOC1C(F)=C(CCNCC(=O)N(C)C)C=CC1(C)F. The van der Waals surface area contributed by atoms with Gasteiger partial charge in [-0.25, -0.2) is 8.78 Å². The molecule has 0 fully saturated rings. The average Bonchev–Trinajstić information content (AvgIpc) is 2.48. The largest absolute Gasteiger partial charge is 0.367 e. The van der Waals surface area contributed by atoms with E-state index in [0.717, 1.165) is 12.8 Å².